The molecule has 0 aliphatic rings. The van der Waals surface area contributed by atoms with Gasteiger partial charge < -0.3 is 9.88 Å². The molecule has 20 heavy (non-hydrogen) atoms. The van der Waals surface area contributed by atoms with E-state index in [9.17, 15) is 0 Å². The number of nitrogens with zero attached hydrogens (tertiary/aromatic N) is 4. The zero-order valence-electron chi connectivity index (χ0n) is 11.9. The fourth-order valence-electron chi connectivity index (χ4n) is 2.48. The number of rotatable bonds is 5. The molecular weight excluding hydrogens is 250 g/mol. The molecule has 5 nitrogen and oxygen atoms in total. The maximum atomic E-state index is 4.15. The van der Waals surface area contributed by atoms with Crippen molar-refractivity contribution in [2.45, 2.75) is 20.0 Å². The first-order valence-corrected chi connectivity index (χ1v) is 6.90. The van der Waals surface area contributed by atoms with Crippen LogP contribution in [-0.2, 0) is 20.1 Å². The molecule has 3 aromatic rings. The summed E-state index contributed by atoms with van der Waals surface area (Å²) >= 11 is 0. The molecule has 2 heterocycles. The summed E-state index contributed by atoms with van der Waals surface area (Å²) in [5.74, 6) is 0. The van der Waals surface area contributed by atoms with Crippen LogP contribution in [0.5, 0.6) is 0 Å². The summed E-state index contributed by atoms with van der Waals surface area (Å²) in [5.41, 5.74) is 3.55. The highest BCUT2D eigenvalue weighted by Crippen LogP contribution is 2.21. The summed E-state index contributed by atoms with van der Waals surface area (Å²) in [6.07, 6.45) is 4.07. The molecule has 1 N–H and O–H groups in total. The van der Waals surface area contributed by atoms with Gasteiger partial charge in [-0.25, -0.2) is 0 Å². The summed E-state index contributed by atoms with van der Waals surface area (Å²) in [6, 6.07) is 8.62. The smallest absolute Gasteiger partial charge is 0.102 e. The monoisotopic (exact) mass is 269 g/mol. The van der Waals surface area contributed by atoms with Gasteiger partial charge in [0.15, 0.2) is 0 Å². The highest BCUT2D eigenvalue weighted by atomic mass is 15.4. The van der Waals surface area contributed by atoms with Crippen molar-refractivity contribution >= 4 is 10.9 Å². The number of fused-ring (bicyclic) bond motifs is 1. The molecule has 0 bridgehead atoms. The molecule has 0 atom stereocenters. The van der Waals surface area contributed by atoms with E-state index in [4.69, 9.17) is 0 Å². The second-order valence-corrected chi connectivity index (χ2v) is 4.96. The van der Waals surface area contributed by atoms with E-state index in [1.165, 1.54) is 16.5 Å². The Morgan fingerprint density at radius 3 is 2.90 bits per heavy atom. The van der Waals surface area contributed by atoms with Gasteiger partial charge in [-0.1, -0.05) is 24.3 Å². The van der Waals surface area contributed by atoms with Gasteiger partial charge in [-0.15, -0.1) is 5.10 Å². The Hall–Kier alpha value is -2.14. The van der Waals surface area contributed by atoms with Gasteiger partial charge >= 0.3 is 0 Å². The molecule has 0 aliphatic carbocycles. The second kappa shape index (κ2) is 5.46. The topological polar surface area (TPSA) is 47.7 Å². The van der Waals surface area contributed by atoms with Crippen molar-refractivity contribution in [2.24, 2.45) is 7.05 Å². The van der Waals surface area contributed by atoms with E-state index >= 15 is 0 Å². The molecule has 0 spiro atoms. The average Bonchev–Trinajstić information content (AvgIpc) is 3.04. The fraction of sp³-hybridized carbons (Fsp3) is 0.333. The standard InChI is InChI=1S/C15H19N5/c1-3-16-9-12-5-4-6-15-14(12)7-8-20(15)11-13-10-19(2)18-17-13/h4-8,10,16H,3,9,11H2,1-2H3. The molecule has 1 aromatic carbocycles. The normalized spacial score (nSPS) is 11.3. The molecule has 2 aromatic heterocycles. The SMILES string of the molecule is CCNCc1cccc2c1ccn2Cc1cn(C)nn1. The van der Waals surface area contributed by atoms with Gasteiger partial charge in [0.1, 0.15) is 5.69 Å². The minimum absolute atomic E-state index is 0.752. The number of nitrogens with one attached hydrogen (secondary N) is 1. The molecule has 0 saturated heterocycles. The van der Waals surface area contributed by atoms with Crippen LogP contribution >= 0.6 is 0 Å². The largest absolute Gasteiger partial charge is 0.341 e. The van der Waals surface area contributed by atoms with Crippen molar-refractivity contribution in [2.75, 3.05) is 6.54 Å². The van der Waals surface area contributed by atoms with E-state index < -0.39 is 0 Å². The van der Waals surface area contributed by atoms with Crippen molar-refractivity contribution in [1.82, 2.24) is 24.9 Å². The molecule has 0 radical (unpaired) electrons. The van der Waals surface area contributed by atoms with Gasteiger partial charge in [0.2, 0.25) is 0 Å². The van der Waals surface area contributed by atoms with Gasteiger partial charge in [0.25, 0.3) is 0 Å². The van der Waals surface area contributed by atoms with Crippen molar-refractivity contribution < 1.29 is 0 Å². The molecule has 0 unspecified atom stereocenters. The van der Waals surface area contributed by atoms with E-state index in [-0.39, 0.29) is 0 Å². The molecule has 0 saturated carbocycles. The molecule has 104 valence electrons. The summed E-state index contributed by atoms with van der Waals surface area (Å²) in [7, 11) is 1.89. The predicted molar refractivity (Wildman–Crippen MR) is 79.4 cm³/mol. The predicted octanol–water partition coefficient (Wildman–Crippen LogP) is 1.93. The highest BCUT2D eigenvalue weighted by molar-refractivity contribution is 5.83. The van der Waals surface area contributed by atoms with E-state index in [2.05, 4.69) is 57.6 Å². The van der Waals surface area contributed by atoms with Crippen LogP contribution in [-0.4, -0.2) is 26.1 Å². The fourth-order valence-corrected chi connectivity index (χ4v) is 2.48. The van der Waals surface area contributed by atoms with Crippen molar-refractivity contribution in [3.63, 3.8) is 0 Å². The number of aryl methyl sites for hydroxylation is 1. The third kappa shape index (κ3) is 2.44. The Morgan fingerprint density at radius 2 is 2.15 bits per heavy atom. The summed E-state index contributed by atoms with van der Waals surface area (Å²) in [5, 5.41) is 12.8. The number of hydrogen-bond acceptors (Lipinski definition) is 3. The van der Waals surface area contributed by atoms with Crippen molar-refractivity contribution in [3.05, 3.63) is 47.9 Å². The van der Waals surface area contributed by atoms with E-state index in [0.29, 0.717) is 0 Å². The number of hydrogen-bond donors (Lipinski definition) is 1. The summed E-state index contributed by atoms with van der Waals surface area (Å²) < 4.78 is 3.95. The van der Waals surface area contributed by atoms with Gasteiger partial charge in [-0.3, -0.25) is 4.68 Å². The number of aromatic nitrogens is 4. The minimum atomic E-state index is 0.752. The van der Waals surface area contributed by atoms with E-state index in [1.807, 2.05) is 13.2 Å². The van der Waals surface area contributed by atoms with Crippen LogP contribution in [0.2, 0.25) is 0 Å². The molecule has 0 amide bonds. The van der Waals surface area contributed by atoms with E-state index in [0.717, 1.165) is 25.3 Å². The van der Waals surface area contributed by atoms with Crippen LogP contribution in [0, 0.1) is 0 Å². The second-order valence-electron chi connectivity index (χ2n) is 4.96. The van der Waals surface area contributed by atoms with Crippen LogP contribution in [0.15, 0.2) is 36.7 Å². The highest BCUT2D eigenvalue weighted by Gasteiger charge is 2.07. The van der Waals surface area contributed by atoms with E-state index in [1.54, 1.807) is 4.68 Å². The van der Waals surface area contributed by atoms with Crippen molar-refractivity contribution in [1.29, 1.82) is 0 Å². The van der Waals surface area contributed by atoms with Gasteiger partial charge in [-0.2, -0.15) is 0 Å². The molecule has 3 rings (SSSR count). The molecule has 0 fully saturated rings. The first-order valence-electron chi connectivity index (χ1n) is 6.90. The Bertz CT molecular complexity index is 710. The van der Waals surface area contributed by atoms with Crippen LogP contribution in [0.25, 0.3) is 10.9 Å². The van der Waals surface area contributed by atoms with Crippen molar-refractivity contribution in [3.8, 4) is 0 Å². The Kier molecular flexibility index (Phi) is 3.52. The zero-order chi connectivity index (χ0) is 13.9. The maximum Gasteiger partial charge on any atom is 0.102 e. The average molecular weight is 269 g/mol. The first-order chi connectivity index (χ1) is 9.78. The summed E-state index contributed by atoms with van der Waals surface area (Å²) in [4.78, 5) is 0. The molecule has 5 heteroatoms. The van der Waals surface area contributed by atoms with Crippen LogP contribution < -0.4 is 5.32 Å². The maximum absolute atomic E-state index is 4.15. The third-order valence-electron chi connectivity index (χ3n) is 3.45. The van der Waals surface area contributed by atoms with Gasteiger partial charge in [-0.05, 0) is 24.2 Å². The van der Waals surface area contributed by atoms with Gasteiger partial charge in [0, 0.05) is 36.9 Å². The lowest BCUT2D eigenvalue weighted by atomic mass is 10.1. The van der Waals surface area contributed by atoms with Crippen LogP contribution in [0.4, 0.5) is 0 Å². The molecular formula is C15H19N5. The zero-order valence-corrected chi connectivity index (χ0v) is 11.9. The quantitative estimate of drug-likeness (QED) is 0.770. The molecule has 0 aliphatic heterocycles. The Labute approximate surface area is 118 Å². The lowest BCUT2D eigenvalue weighted by molar-refractivity contribution is 0.711. The van der Waals surface area contributed by atoms with Gasteiger partial charge in [0.05, 0.1) is 6.54 Å². The lowest BCUT2D eigenvalue weighted by Crippen LogP contribution is -2.11. The third-order valence-corrected chi connectivity index (χ3v) is 3.45. The Morgan fingerprint density at radius 1 is 1.25 bits per heavy atom. The lowest BCUT2D eigenvalue weighted by Gasteiger charge is -2.06. The first kappa shape index (κ1) is 12.9. The minimum Gasteiger partial charge on any atom is -0.341 e. The Balaban J connectivity index is 1.92. The summed E-state index contributed by atoms with van der Waals surface area (Å²) in [6.45, 7) is 4.76. The number of benzene rings is 1. The van der Waals surface area contributed by atoms with Crippen LogP contribution in [0.3, 0.4) is 0 Å². The van der Waals surface area contributed by atoms with Crippen LogP contribution in [0.1, 0.15) is 18.2 Å².